The van der Waals surface area contributed by atoms with Crippen molar-refractivity contribution in [2.75, 3.05) is 0 Å². The lowest BCUT2D eigenvalue weighted by molar-refractivity contribution is -0.130. The molecule has 0 aliphatic heterocycles. The van der Waals surface area contributed by atoms with Crippen molar-refractivity contribution in [1.29, 1.82) is 0 Å². The van der Waals surface area contributed by atoms with Crippen molar-refractivity contribution in [3.63, 3.8) is 0 Å². The maximum Gasteiger partial charge on any atom is 0.338 e. The molecular formula is C24H20O6. The summed E-state index contributed by atoms with van der Waals surface area (Å²) < 4.78 is 10.1. The van der Waals surface area contributed by atoms with Gasteiger partial charge in [-0.05, 0) is 61.9 Å². The van der Waals surface area contributed by atoms with E-state index < -0.39 is 23.5 Å². The van der Waals surface area contributed by atoms with E-state index in [1.54, 1.807) is 31.2 Å². The first kappa shape index (κ1) is 22.2. The predicted molar refractivity (Wildman–Crippen MR) is 112 cm³/mol. The quantitative estimate of drug-likeness (QED) is 0.216. The molecule has 0 atom stereocenters. The molecule has 0 saturated heterocycles. The van der Waals surface area contributed by atoms with Gasteiger partial charge >= 0.3 is 11.9 Å². The molecule has 2 aromatic rings. The fourth-order valence-corrected chi connectivity index (χ4v) is 2.10. The average molecular weight is 404 g/mol. The van der Waals surface area contributed by atoms with Crippen LogP contribution in [0.1, 0.15) is 29.8 Å². The third-order valence-electron chi connectivity index (χ3n) is 3.77. The van der Waals surface area contributed by atoms with Gasteiger partial charge in [-0.3, -0.25) is 9.59 Å². The van der Waals surface area contributed by atoms with Crippen LogP contribution in [0.15, 0.2) is 78.9 Å². The number of carbonyl (C=O) groups is 4. The van der Waals surface area contributed by atoms with Crippen molar-refractivity contribution >= 4 is 29.6 Å². The second kappa shape index (κ2) is 9.93. The second-order valence-corrected chi connectivity index (χ2v) is 6.46. The topological polar surface area (TPSA) is 86.7 Å². The van der Waals surface area contributed by atoms with Crippen molar-refractivity contribution in [3.8, 4) is 11.5 Å². The van der Waals surface area contributed by atoms with Crippen LogP contribution >= 0.6 is 0 Å². The van der Waals surface area contributed by atoms with E-state index in [4.69, 9.17) is 9.47 Å². The van der Waals surface area contributed by atoms with Crippen LogP contribution in [0.25, 0.3) is 6.08 Å². The Kier molecular flexibility index (Phi) is 7.36. The van der Waals surface area contributed by atoms with E-state index >= 15 is 0 Å². The van der Waals surface area contributed by atoms with Gasteiger partial charge in [0.15, 0.2) is 0 Å². The van der Waals surface area contributed by atoms with Gasteiger partial charge in [-0.2, -0.15) is 0 Å². The lowest BCUT2D eigenvalue weighted by Gasteiger charge is -2.04. The molecule has 2 aromatic carbocycles. The van der Waals surface area contributed by atoms with Crippen LogP contribution in [0.4, 0.5) is 0 Å². The SMILES string of the molecule is C=C(C)C(=O)Oc1ccc(/C=C/C(=O)C(=O)c2ccc(OC(=O)C(=C)C)cc2)cc1. The van der Waals surface area contributed by atoms with Gasteiger partial charge in [0.1, 0.15) is 11.5 Å². The zero-order valence-corrected chi connectivity index (χ0v) is 16.6. The summed E-state index contributed by atoms with van der Waals surface area (Å²) in [7, 11) is 0. The summed E-state index contributed by atoms with van der Waals surface area (Å²) in [6.07, 6.45) is 2.64. The minimum Gasteiger partial charge on any atom is -0.423 e. The smallest absolute Gasteiger partial charge is 0.338 e. The van der Waals surface area contributed by atoms with Crippen molar-refractivity contribution < 1.29 is 28.7 Å². The molecule has 0 bridgehead atoms. The first-order valence-electron chi connectivity index (χ1n) is 8.89. The molecule has 0 unspecified atom stereocenters. The number of rotatable bonds is 8. The molecule has 30 heavy (non-hydrogen) atoms. The third-order valence-corrected chi connectivity index (χ3v) is 3.77. The molecule has 0 N–H and O–H groups in total. The lowest BCUT2D eigenvalue weighted by Crippen LogP contribution is -2.12. The van der Waals surface area contributed by atoms with E-state index in [1.807, 2.05) is 0 Å². The Morgan fingerprint density at radius 2 is 1.17 bits per heavy atom. The summed E-state index contributed by atoms with van der Waals surface area (Å²) >= 11 is 0. The molecule has 0 radical (unpaired) electrons. The maximum absolute atomic E-state index is 12.3. The van der Waals surface area contributed by atoms with Gasteiger partial charge in [0.05, 0.1) is 0 Å². The highest BCUT2D eigenvalue weighted by Crippen LogP contribution is 2.16. The van der Waals surface area contributed by atoms with Gasteiger partial charge in [0.2, 0.25) is 11.6 Å². The number of ether oxygens (including phenoxy) is 2. The fraction of sp³-hybridized carbons (Fsp3) is 0.0833. The summed E-state index contributed by atoms with van der Waals surface area (Å²) in [4.78, 5) is 47.4. The fourth-order valence-electron chi connectivity index (χ4n) is 2.10. The van der Waals surface area contributed by atoms with Gasteiger partial charge in [0.25, 0.3) is 0 Å². The summed E-state index contributed by atoms with van der Waals surface area (Å²) in [5.74, 6) is -1.92. The normalized spacial score (nSPS) is 10.3. The Morgan fingerprint density at radius 3 is 1.60 bits per heavy atom. The number of carbonyl (C=O) groups excluding carboxylic acids is 4. The number of esters is 2. The van der Waals surface area contributed by atoms with E-state index in [1.165, 1.54) is 37.3 Å². The van der Waals surface area contributed by atoms with E-state index in [-0.39, 0.29) is 22.5 Å². The summed E-state index contributed by atoms with van der Waals surface area (Å²) in [5, 5.41) is 0. The number of ketones is 2. The van der Waals surface area contributed by atoms with Gasteiger partial charge in [-0.25, -0.2) is 9.59 Å². The van der Waals surface area contributed by atoms with Crippen molar-refractivity contribution in [2.24, 2.45) is 0 Å². The monoisotopic (exact) mass is 404 g/mol. The highest BCUT2D eigenvalue weighted by Gasteiger charge is 2.14. The van der Waals surface area contributed by atoms with Crippen LogP contribution in [0.3, 0.4) is 0 Å². The molecule has 152 valence electrons. The van der Waals surface area contributed by atoms with Crippen LogP contribution < -0.4 is 9.47 Å². The molecule has 2 rings (SSSR count). The van der Waals surface area contributed by atoms with E-state index in [0.717, 1.165) is 6.08 Å². The number of hydrogen-bond donors (Lipinski definition) is 0. The molecule has 0 aliphatic carbocycles. The molecule has 6 heteroatoms. The van der Waals surface area contributed by atoms with Crippen molar-refractivity contribution in [2.45, 2.75) is 13.8 Å². The largest absolute Gasteiger partial charge is 0.423 e. The highest BCUT2D eigenvalue weighted by atomic mass is 16.5. The van der Waals surface area contributed by atoms with Crippen molar-refractivity contribution in [3.05, 3.63) is 90.0 Å². The van der Waals surface area contributed by atoms with Gasteiger partial charge in [0, 0.05) is 16.7 Å². The molecule has 0 aromatic heterocycles. The zero-order chi connectivity index (χ0) is 22.3. The number of benzene rings is 2. The van der Waals surface area contributed by atoms with Gasteiger partial charge in [-0.15, -0.1) is 0 Å². The van der Waals surface area contributed by atoms with E-state index in [2.05, 4.69) is 13.2 Å². The van der Waals surface area contributed by atoms with Crippen LogP contribution in [0, 0.1) is 0 Å². The Bertz CT molecular complexity index is 1040. The Balaban J connectivity index is 1.99. The molecule has 6 nitrogen and oxygen atoms in total. The minimum absolute atomic E-state index is 0.168. The number of hydrogen-bond acceptors (Lipinski definition) is 6. The third kappa shape index (κ3) is 6.24. The summed E-state index contributed by atoms with van der Waals surface area (Å²) in [6, 6.07) is 12.1. The van der Waals surface area contributed by atoms with E-state index in [0.29, 0.717) is 11.3 Å². The zero-order valence-electron chi connectivity index (χ0n) is 16.6. The molecule has 0 amide bonds. The van der Waals surface area contributed by atoms with E-state index in [9.17, 15) is 19.2 Å². The molecule has 0 saturated carbocycles. The van der Waals surface area contributed by atoms with Crippen LogP contribution in [0.5, 0.6) is 11.5 Å². The number of allylic oxidation sites excluding steroid dienone is 1. The molecule has 0 aliphatic rings. The van der Waals surface area contributed by atoms with Crippen molar-refractivity contribution in [1.82, 2.24) is 0 Å². The lowest BCUT2D eigenvalue weighted by atomic mass is 10.1. The summed E-state index contributed by atoms with van der Waals surface area (Å²) in [5.41, 5.74) is 1.35. The summed E-state index contributed by atoms with van der Waals surface area (Å²) in [6.45, 7) is 10.1. The molecular weight excluding hydrogens is 384 g/mol. The Hall–Kier alpha value is -4.06. The predicted octanol–water partition coefficient (Wildman–Crippen LogP) is 4.11. The average Bonchev–Trinajstić information content (AvgIpc) is 2.72. The Labute approximate surface area is 174 Å². The second-order valence-electron chi connectivity index (χ2n) is 6.46. The molecule has 0 heterocycles. The minimum atomic E-state index is -0.709. The molecule has 0 fully saturated rings. The van der Waals surface area contributed by atoms with Gasteiger partial charge < -0.3 is 9.47 Å². The maximum atomic E-state index is 12.3. The Morgan fingerprint density at radius 1 is 0.733 bits per heavy atom. The standard InChI is InChI=1S/C24H20O6/c1-15(2)23(27)29-19-10-5-17(6-11-19)7-14-21(25)22(26)18-8-12-20(13-9-18)30-24(28)16(3)4/h5-14H,1,3H2,2,4H3/b14-7+. The highest BCUT2D eigenvalue weighted by molar-refractivity contribution is 6.48. The van der Waals surface area contributed by atoms with Gasteiger partial charge in [-0.1, -0.05) is 31.4 Å². The first-order valence-corrected chi connectivity index (χ1v) is 8.89. The van der Waals surface area contributed by atoms with Crippen LogP contribution in [-0.2, 0) is 14.4 Å². The van der Waals surface area contributed by atoms with Crippen LogP contribution in [0.2, 0.25) is 0 Å². The molecule has 0 spiro atoms. The number of Topliss-reactive ketones (excluding diaryl/α,β-unsaturated/α-hetero) is 1. The van der Waals surface area contributed by atoms with Crippen LogP contribution in [-0.4, -0.2) is 23.5 Å². The first-order chi connectivity index (χ1) is 14.2.